The number of allylic oxidation sites excluding steroid dienone is 1. The first kappa shape index (κ1) is 11.6. The van der Waals surface area contributed by atoms with Gasteiger partial charge in [0, 0.05) is 10.2 Å². The predicted molar refractivity (Wildman–Crippen MR) is 80.5 cm³/mol. The Morgan fingerprint density at radius 1 is 1.00 bits per heavy atom. The maximum Gasteiger partial charge on any atom is 0.0379 e. The SMILES string of the molecule is Cc1cccc(C2CC=C(c3ccccc3)S2)c1. The number of hydrogen-bond acceptors (Lipinski definition) is 1. The summed E-state index contributed by atoms with van der Waals surface area (Å²) >= 11 is 1.99. The van der Waals surface area contributed by atoms with Crippen LogP contribution in [0.3, 0.4) is 0 Å². The maximum atomic E-state index is 2.37. The smallest absolute Gasteiger partial charge is 0.0379 e. The van der Waals surface area contributed by atoms with Crippen LogP contribution in [0.25, 0.3) is 4.91 Å². The Bertz CT molecular complexity index is 569. The van der Waals surface area contributed by atoms with Gasteiger partial charge in [-0.15, -0.1) is 11.8 Å². The first-order valence-electron chi connectivity index (χ1n) is 6.32. The largest absolute Gasteiger partial charge is 0.117 e. The van der Waals surface area contributed by atoms with Crippen molar-refractivity contribution in [1.29, 1.82) is 0 Å². The summed E-state index contributed by atoms with van der Waals surface area (Å²) in [6.07, 6.45) is 3.51. The van der Waals surface area contributed by atoms with E-state index in [2.05, 4.69) is 67.6 Å². The fourth-order valence-electron chi connectivity index (χ4n) is 2.33. The second-order valence-electron chi connectivity index (χ2n) is 4.69. The van der Waals surface area contributed by atoms with Crippen LogP contribution in [0.4, 0.5) is 0 Å². The van der Waals surface area contributed by atoms with Gasteiger partial charge in [-0.1, -0.05) is 66.2 Å². The van der Waals surface area contributed by atoms with Crippen molar-refractivity contribution >= 4 is 16.7 Å². The van der Waals surface area contributed by atoms with Crippen molar-refractivity contribution in [2.45, 2.75) is 18.6 Å². The van der Waals surface area contributed by atoms with E-state index in [1.165, 1.54) is 21.6 Å². The molecule has 1 unspecified atom stereocenters. The van der Waals surface area contributed by atoms with Crippen molar-refractivity contribution in [2.24, 2.45) is 0 Å². The zero-order chi connectivity index (χ0) is 12.4. The monoisotopic (exact) mass is 252 g/mol. The number of hydrogen-bond donors (Lipinski definition) is 0. The van der Waals surface area contributed by atoms with Gasteiger partial charge in [0.1, 0.15) is 0 Å². The number of rotatable bonds is 2. The van der Waals surface area contributed by atoms with E-state index in [0.29, 0.717) is 5.25 Å². The highest BCUT2D eigenvalue weighted by Crippen LogP contribution is 2.47. The molecule has 0 spiro atoms. The Labute approximate surface area is 113 Å². The lowest BCUT2D eigenvalue weighted by atomic mass is 10.1. The van der Waals surface area contributed by atoms with E-state index in [4.69, 9.17) is 0 Å². The maximum absolute atomic E-state index is 2.37. The van der Waals surface area contributed by atoms with Crippen LogP contribution < -0.4 is 0 Å². The van der Waals surface area contributed by atoms with Crippen LogP contribution >= 0.6 is 11.8 Å². The summed E-state index contributed by atoms with van der Waals surface area (Å²) in [5.41, 5.74) is 4.14. The third-order valence-corrected chi connectivity index (χ3v) is 4.66. The number of benzene rings is 2. The standard InChI is InChI=1S/C17H16S/c1-13-6-5-9-15(12-13)17-11-10-16(18-17)14-7-3-2-4-8-14/h2-10,12,17H,11H2,1H3. The van der Waals surface area contributed by atoms with E-state index < -0.39 is 0 Å². The highest BCUT2D eigenvalue weighted by atomic mass is 32.2. The van der Waals surface area contributed by atoms with E-state index >= 15 is 0 Å². The molecule has 2 aromatic carbocycles. The van der Waals surface area contributed by atoms with E-state index in [9.17, 15) is 0 Å². The van der Waals surface area contributed by atoms with Crippen LogP contribution in [-0.2, 0) is 0 Å². The third-order valence-electron chi connectivity index (χ3n) is 3.26. The topological polar surface area (TPSA) is 0 Å². The van der Waals surface area contributed by atoms with Gasteiger partial charge in [-0.25, -0.2) is 0 Å². The summed E-state index contributed by atoms with van der Waals surface area (Å²) in [6.45, 7) is 2.16. The molecule has 0 radical (unpaired) electrons. The Morgan fingerprint density at radius 3 is 2.61 bits per heavy atom. The minimum Gasteiger partial charge on any atom is -0.117 e. The molecule has 1 heterocycles. The fraction of sp³-hybridized carbons (Fsp3) is 0.176. The summed E-state index contributed by atoms with van der Waals surface area (Å²) < 4.78 is 0. The Balaban J connectivity index is 1.79. The van der Waals surface area contributed by atoms with E-state index in [1.54, 1.807) is 0 Å². The summed E-state index contributed by atoms with van der Waals surface area (Å²) in [5.74, 6) is 0. The summed E-state index contributed by atoms with van der Waals surface area (Å²) in [4.78, 5) is 1.42. The molecule has 1 aliphatic heterocycles. The molecule has 1 aliphatic rings. The van der Waals surface area contributed by atoms with Crippen LogP contribution in [0.1, 0.15) is 28.4 Å². The molecule has 18 heavy (non-hydrogen) atoms. The highest BCUT2D eigenvalue weighted by molar-refractivity contribution is 8.08. The average molecular weight is 252 g/mol. The first-order chi connectivity index (χ1) is 8.83. The molecule has 90 valence electrons. The summed E-state index contributed by atoms with van der Waals surface area (Å²) in [7, 11) is 0. The Kier molecular flexibility index (Phi) is 3.24. The number of aryl methyl sites for hydroxylation is 1. The fourth-order valence-corrected chi connectivity index (χ4v) is 3.57. The lowest BCUT2D eigenvalue weighted by Gasteiger charge is -2.11. The second-order valence-corrected chi connectivity index (χ2v) is 5.94. The molecule has 0 amide bonds. The average Bonchev–Trinajstić information content (AvgIpc) is 2.89. The zero-order valence-corrected chi connectivity index (χ0v) is 11.3. The van der Waals surface area contributed by atoms with Crippen molar-refractivity contribution < 1.29 is 0 Å². The normalized spacial score (nSPS) is 18.7. The molecule has 3 rings (SSSR count). The van der Waals surface area contributed by atoms with Crippen LogP contribution in [-0.4, -0.2) is 0 Å². The predicted octanol–water partition coefficient (Wildman–Crippen LogP) is 5.21. The quantitative estimate of drug-likeness (QED) is 0.706. The molecule has 0 fully saturated rings. The van der Waals surface area contributed by atoms with Gasteiger partial charge in [-0.2, -0.15) is 0 Å². The molecule has 1 atom stereocenters. The Morgan fingerprint density at radius 2 is 1.83 bits per heavy atom. The van der Waals surface area contributed by atoms with Crippen LogP contribution in [0.2, 0.25) is 0 Å². The number of thioether (sulfide) groups is 1. The Hall–Kier alpha value is -1.47. The first-order valence-corrected chi connectivity index (χ1v) is 7.20. The van der Waals surface area contributed by atoms with Crippen molar-refractivity contribution in [3.05, 3.63) is 77.4 Å². The second kappa shape index (κ2) is 5.03. The van der Waals surface area contributed by atoms with Gasteiger partial charge in [0.2, 0.25) is 0 Å². The molecule has 0 saturated carbocycles. The molecule has 0 saturated heterocycles. The van der Waals surface area contributed by atoms with Crippen molar-refractivity contribution in [3.8, 4) is 0 Å². The molecular formula is C17H16S. The zero-order valence-electron chi connectivity index (χ0n) is 10.5. The molecule has 0 nitrogen and oxygen atoms in total. The van der Waals surface area contributed by atoms with Crippen LogP contribution in [0.5, 0.6) is 0 Å². The molecular weight excluding hydrogens is 236 g/mol. The minimum absolute atomic E-state index is 0.583. The molecule has 2 aromatic rings. The van der Waals surface area contributed by atoms with Gasteiger partial charge in [-0.3, -0.25) is 0 Å². The van der Waals surface area contributed by atoms with Gasteiger partial charge >= 0.3 is 0 Å². The summed E-state index contributed by atoms with van der Waals surface area (Å²) in [6, 6.07) is 19.5. The molecule has 0 aromatic heterocycles. The molecule has 1 heteroatoms. The lowest BCUT2D eigenvalue weighted by Crippen LogP contribution is -1.89. The van der Waals surface area contributed by atoms with Crippen molar-refractivity contribution in [1.82, 2.24) is 0 Å². The van der Waals surface area contributed by atoms with Gasteiger partial charge in [-0.05, 0) is 24.5 Å². The van der Waals surface area contributed by atoms with E-state index in [1.807, 2.05) is 11.8 Å². The van der Waals surface area contributed by atoms with Gasteiger partial charge in [0.15, 0.2) is 0 Å². The minimum atomic E-state index is 0.583. The van der Waals surface area contributed by atoms with Gasteiger partial charge < -0.3 is 0 Å². The highest BCUT2D eigenvalue weighted by Gasteiger charge is 2.20. The molecule has 0 bridgehead atoms. The third kappa shape index (κ3) is 2.37. The van der Waals surface area contributed by atoms with Crippen molar-refractivity contribution in [3.63, 3.8) is 0 Å². The van der Waals surface area contributed by atoms with Crippen LogP contribution in [0.15, 0.2) is 60.7 Å². The van der Waals surface area contributed by atoms with Crippen molar-refractivity contribution in [2.75, 3.05) is 0 Å². The molecule has 0 aliphatic carbocycles. The van der Waals surface area contributed by atoms with Crippen LogP contribution in [0, 0.1) is 6.92 Å². The summed E-state index contributed by atoms with van der Waals surface area (Å²) in [5, 5.41) is 0.583. The van der Waals surface area contributed by atoms with E-state index in [-0.39, 0.29) is 0 Å². The van der Waals surface area contributed by atoms with Gasteiger partial charge in [0.05, 0.1) is 0 Å². The molecule has 0 N–H and O–H groups in total. The van der Waals surface area contributed by atoms with Gasteiger partial charge in [0.25, 0.3) is 0 Å². The van der Waals surface area contributed by atoms with E-state index in [0.717, 1.165) is 6.42 Å². The lowest BCUT2D eigenvalue weighted by molar-refractivity contribution is 0.988.